The lowest BCUT2D eigenvalue weighted by atomic mass is 9.88. The molecule has 0 aromatic heterocycles. The summed E-state index contributed by atoms with van der Waals surface area (Å²) >= 11 is 0. The number of carbonyl (C=O) groups excluding carboxylic acids is 1. The van der Waals surface area contributed by atoms with Crippen molar-refractivity contribution in [2.45, 2.75) is 33.7 Å². The van der Waals surface area contributed by atoms with Crippen molar-refractivity contribution in [3.05, 3.63) is 0 Å². The zero-order valence-corrected chi connectivity index (χ0v) is 11.7. The van der Waals surface area contributed by atoms with E-state index in [1.165, 1.54) is 0 Å². The number of hydrogen-bond donors (Lipinski definition) is 1. The maximum Gasteiger partial charge on any atom is 0.237 e. The molecule has 0 spiro atoms. The smallest absolute Gasteiger partial charge is 0.237 e. The van der Waals surface area contributed by atoms with Gasteiger partial charge in [-0.15, -0.1) is 0 Å². The highest BCUT2D eigenvalue weighted by Crippen LogP contribution is 2.27. The molecule has 100 valence electrons. The Bertz CT molecular complexity index is 262. The minimum Gasteiger partial charge on any atom is -0.380 e. The molecular weight excluding hydrogens is 216 g/mol. The first-order valence-corrected chi connectivity index (χ1v) is 6.40. The molecule has 1 N–H and O–H groups in total. The largest absolute Gasteiger partial charge is 0.380 e. The van der Waals surface area contributed by atoms with Crippen molar-refractivity contribution in [1.29, 1.82) is 0 Å². The van der Waals surface area contributed by atoms with Crippen LogP contribution in [-0.2, 0) is 9.53 Å². The molecule has 0 bridgehead atoms. The molecule has 1 unspecified atom stereocenters. The maximum absolute atomic E-state index is 11.9. The van der Waals surface area contributed by atoms with E-state index < -0.39 is 0 Å². The Labute approximate surface area is 105 Å². The van der Waals surface area contributed by atoms with Crippen molar-refractivity contribution in [3.8, 4) is 0 Å². The maximum atomic E-state index is 11.9. The first kappa shape index (κ1) is 14.5. The van der Waals surface area contributed by atoms with Gasteiger partial charge in [-0.25, -0.2) is 0 Å². The summed E-state index contributed by atoms with van der Waals surface area (Å²) in [5.74, 6) is 0.610. The van der Waals surface area contributed by atoms with Gasteiger partial charge in [0.2, 0.25) is 5.91 Å². The normalized spacial score (nSPS) is 20.2. The van der Waals surface area contributed by atoms with Gasteiger partial charge in [-0.3, -0.25) is 9.69 Å². The number of likely N-dealkylation sites (N-methyl/N-ethyl adjacent to an activating group) is 1. The van der Waals surface area contributed by atoms with Crippen LogP contribution in [0, 0.1) is 11.3 Å². The predicted molar refractivity (Wildman–Crippen MR) is 68.9 cm³/mol. The van der Waals surface area contributed by atoms with Gasteiger partial charge in [0.1, 0.15) is 0 Å². The quantitative estimate of drug-likeness (QED) is 0.759. The topological polar surface area (TPSA) is 41.6 Å². The summed E-state index contributed by atoms with van der Waals surface area (Å²) in [4.78, 5) is 14.0. The van der Waals surface area contributed by atoms with E-state index in [-0.39, 0.29) is 17.4 Å². The van der Waals surface area contributed by atoms with Gasteiger partial charge in [0.25, 0.3) is 0 Å². The van der Waals surface area contributed by atoms with Gasteiger partial charge in [0.15, 0.2) is 0 Å². The lowest BCUT2D eigenvalue weighted by Gasteiger charge is -2.42. The molecule has 0 radical (unpaired) electrons. The fourth-order valence-electron chi connectivity index (χ4n) is 1.93. The van der Waals surface area contributed by atoms with E-state index in [9.17, 15) is 4.79 Å². The number of nitrogens with zero attached hydrogens (tertiary/aromatic N) is 1. The highest BCUT2D eigenvalue weighted by Gasteiger charge is 2.36. The molecule has 1 fully saturated rings. The number of hydrogen-bond acceptors (Lipinski definition) is 3. The predicted octanol–water partition coefficient (Wildman–Crippen LogP) is 1.12. The third-order valence-electron chi connectivity index (χ3n) is 3.26. The van der Waals surface area contributed by atoms with Gasteiger partial charge in [0, 0.05) is 18.5 Å². The Kier molecular flexibility index (Phi) is 4.95. The average Bonchev–Trinajstić information content (AvgIpc) is 2.22. The fraction of sp³-hybridized carbons (Fsp3) is 0.923. The summed E-state index contributed by atoms with van der Waals surface area (Å²) in [6.07, 6.45) is 0. The molecule has 4 nitrogen and oxygen atoms in total. The van der Waals surface area contributed by atoms with Crippen molar-refractivity contribution in [2.24, 2.45) is 11.3 Å². The van der Waals surface area contributed by atoms with E-state index >= 15 is 0 Å². The molecule has 1 amide bonds. The van der Waals surface area contributed by atoms with Crippen molar-refractivity contribution < 1.29 is 9.53 Å². The van der Waals surface area contributed by atoms with E-state index in [1.807, 2.05) is 14.0 Å². The number of rotatable bonds is 6. The Morgan fingerprint density at radius 2 is 2.00 bits per heavy atom. The lowest BCUT2D eigenvalue weighted by Crippen LogP contribution is -2.52. The van der Waals surface area contributed by atoms with E-state index in [4.69, 9.17) is 4.74 Å². The first-order chi connectivity index (χ1) is 7.84. The number of nitrogens with one attached hydrogen (secondary N) is 1. The molecule has 4 heteroatoms. The van der Waals surface area contributed by atoms with Gasteiger partial charge in [0.05, 0.1) is 19.3 Å². The molecule has 0 aliphatic carbocycles. The molecule has 0 saturated carbocycles. The van der Waals surface area contributed by atoms with Crippen molar-refractivity contribution in [3.63, 3.8) is 0 Å². The summed E-state index contributed by atoms with van der Waals surface area (Å²) in [6, 6.07) is -0.0776. The lowest BCUT2D eigenvalue weighted by molar-refractivity contribution is -0.133. The molecule has 1 aliphatic rings. The van der Waals surface area contributed by atoms with Crippen LogP contribution in [0.1, 0.15) is 27.7 Å². The van der Waals surface area contributed by atoms with Gasteiger partial charge in [-0.1, -0.05) is 20.8 Å². The SMILES string of the molecule is CC(C)CNC(=O)C(C)N(C)CC1(C)COC1. The zero-order valence-electron chi connectivity index (χ0n) is 11.7. The second-order valence-electron chi connectivity index (χ2n) is 6.03. The molecule has 17 heavy (non-hydrogen) atoms. The van der Waals surface area contributed by atoms with Crippen LogP contribution in [-0.4, -0.2) is 50.2 Å². The van der Waals surface area contributed by atoms with Crippen LogP contribution in [0.25, 0.3) is 0 Å². The summed E-state index contributed by atoms with van der Waals surface area (Å²) in [5, 5.41) is 2.97. The highest BCUT2D eigenvalue weighted by atomic mass is 16.5. The molecule has 1 heterocycles. The summed E-state index contributed by atoms with van der Waals surface area (Å²) < 4.78 is 5.23. The Hall–Kier alpha value is -0.610. The molecule has 1 saturated heterocycles. The molecule has 1 atom stereocenters. The second-order valence-corrected chi connectivity index (χ2v) is 6.03. The minimum atomic E-state index is -0.0776. The second kappa shape index (κ2) is 5.83. The summed E-state index contributed by atoms with van der Waals surface area (Å²) in [7, 11) is 2.00. The third kappa shape index (κ3) is 4.28. The highest BCUT2D eigenvalue weighted by molar-refractivity contribution is 5.81. The van der Waals surface area contributed by atoms with Gasteiger partial charge >= 0.3 is 0 Å². The first-order valence-electron chi connectivity index (χ1n) is 6.40. The zero-order chi connectivity index (χ0) is 13.1. The van der Waals surface area contributed by atoms with Crippen LogP contribution in [0.4, 0.5) is 0 Å². The standard InChI is InChI=1S/C13H26N2O2/c1-10(2)6-14-12(16)11(3)15(5)7-13(4)8-17-9-13/h10-11H,6-9H2,1-5H3,(H,14,16). The van der Waals surface area contributed by atoms with E-state index in [1.54, 1.807) is 0 Å². The summed E-state index contributed by atoms with van der Waals surface area (Å²) in [5.41, 5.74) is 0.224. The number of amides is 1. The van der Waals surface area contributed by atoms with E-state index in [0.717, 1.165) is 26.3 Å². The molecule has 1 rings (SSSR count). The monoisotopic (exact) mass is 242 g/mol. The third-order valence-corrected chi connectivity index (χ3v) is 3.26. The average molecular weight is 242 g/mol. The minimum absolute atomic E-state index is 0.0776. The molecular formula is C13H26N2O2. The van der Waals surface area contributed by atoms with Crippen LogP contribution in [0.15, 0.2) is 0 Å². The molecule has 0 aromatic rings. The fourth-order valence-corrected chi connectivity index (χ4v) is 1.93. The Morgan fingerprint density at radius 3 is 2.41 bits per heavy atom. The van der Waals surface area contributed by atoms with Gasteiger partial charge in [-0.2, -0.15) is 0 Å². The van der Waals surface area contributed by atoms with E-state index in [2.05, 4.69) is 31.0 Å². The van der Waals surface area contributed by atoms with Crippen molar-refractivity contribution in [1.82, 2.24) is 10.2 Å². The van der Waals surface area contributed by atoms with E-state index in [0.29, 0.717) is 5.92 Å². The molecule has 0 aromatic carbocycles. The Balaban J connectivity index is 2.34. The number of carbonyl (C=O) groups is 1. The van der Waals surface area contributed by atoms with Crippen molar-refractivity contribution >= 4 is 5.91 Å². The van der Waals surface area contributed by atoms with Crippen LogP contribution in [0.3, 0.4) is 0 Å². The molecule has 1 aliphatic heterocycles. The van der Waals surface area contributed by atoms with Crippen molar-refractivity contribution in [2.75, 3.05) is 33.4 Å². The summed E-state index contributed by atoms with van der Waals surface area (Å²) in [6.45, 7) is 11.6. The van der Waals surface area contributed by atoms with Crippen LogP contribution >= 0.6 is 0 Å². The number of ether oxygens (including phenoxy) is 1. The van der Waals surface area contributed by atoms with Gasteiger partial charge in [-0.05, 0) is 19.9 Å². The Morgan fingerprint density at radius 1 is 1.41 bits per heavy atom. The van der Waals surface area contributed by atoms with Crippen LogP contribution in [0.2, 0.25) is 0 Å². The van der Waals surface area contributed by atoms with Crippen LogP contribution in [0.5, 0.6) is 0 Å². The van der Waals surface area contributed by atoms with Gasteiger partial charge < -0.3 is 10.1 Å². The van der Waals surface area contributed by atoms with Crippen LogP contribution < -0.4 is 5.32 Å².